The standard InChI is InChI=1S/C11H15N3O5S/c1-3-13-11(16)14-20(17,18)9-5-4-7(6-8(9)12)10(15)19-2/h4-6H,3,12H2,1-2H3,(H2,13,14,16). The van der Waals surface area contributed by atoms with E-state index in [1.807, 2.05) is 0 Å². The fourth-order valence-electron chi connectivity index (χ4n) is 1.41. The first-order valence-electron chi connectivity index (χ1n) is 5.60. The highest BCUT2D eigenvalue weighted by Gasteiger charge is 2.21. The zero-order valence-electron chi connectivity index (χ0n) is 11.0. The largest absolute Gasteiger partial charge is 0.465 e. The molecule has 1 aromatic carbocycles. The quantitative estimate of drug-likeness (QED) is 0.533. The molecule has 0 aliphatic heterocycles. The molecule has 0 aromatic heterocycles. The van der Waals surface area contributed by atoms with Crippen LogP contribution in [0.1, 0.15) is 17.3 Å². The molecule has 4 N–H and O–H groups in total. The number of carbonyl (C=O) groups excluding carboxylic acids is 2. The Kier molecular flexibility index (Phi) is 4.92. The van der Waals surface area contributed by atoms with Gasteiger partial charge in [0.25, 0.3) is 10.0 Å². The molecule has 0 saturated carbocycles. The van der Waals surface area contributed by atoms with Crippen LogP contribution in [0.3, 0.4) is 0 Å². The van der Waals surface area contributed by atoms with E-state index in [1.54, 1.807) is 11.6 Å². The van der Waals surface area contributed by atoms with Gasteiger partial charge < -0.3 is 15.8 Å². The van der Waals surface area contributed by atoms with Gasteiger partial charge in [-0.05, 0) is 25.1 Å². The Morgan fingerprint density at radius 1 is 1.35 bits per heavy atom. The number of nitrogens with two attached hydrogens (primary N) is 1. The molecule has 0 radical (unpaired) electrons. The van der Waals surface area contributed by atoms with E-state index >= 15 is 0 Å². The highest BCUT2D eigenvalue weighted by molar-refractivity contribution is 7.90. The number of rotatable bonds is 4. The number of nitrogen functional groups attached to an aromatic ring is 1. The van der Waals surface area contributed by atoms with Gasteiger partial charge in [0.05, 0.1) is 18.4 Å². The van der Waals surface area contributed by atoms with Gasteiger partial charge >= 0.3 is 12.0 Å². The average Bonchev–Trinajstić information content (AvgIpc) is 2.36. The van der Waals surface area contributed by atoms with Gasteiger partial charge in [-0.1, -0.05) is 0 Å². The molecule has 20 heavy (non-hydrogen) atoms. The van der Waals surface area contributed by atoms with Crippen molar-refractivity contribution >= 4 is 27.7 Å². The SMILES string of the molecule is CCNC(=O)NS(=O)(=O)c1ccc(C(=O)OC)cc1N. The van der Waals surface area contributed by atoms with Gasteiger partial charge in [-0.25, -0.2) is 22.7 Å². The normalized spacial score (nSPS) is 10.7. The van der Waals surface area contributed by atoms with Crippen LogP contribution in [-0.4, -0.2) is 34.1 Å². The van der Waals surface area contributed by atoms with Crippen molar-refractivity contribution < 1.29 is 22.7 Å². The summed E-state index contributed by atoms with van der Waals surface area (Å²) < 4.78 is 30.1. The summed E-state index contributed by atoms with van der Waals surface area (Å²) in [5.41, 5.74) is 5.54. The van der Waals surface area contributed by atoms with Crippen LogP contribution in [0.15, 0.2) is 23.1 Å². The van der Waals surface area contributed by atoms with Crippen LogP contribution in [0.25, 0.3) is 0 Å². The Balaban J connectivity index is 3.08. The summed E-state index contributed by atoms with van der Waals surface area (Å²) in [6.45, 7) is 1.92. The minimum absolute atomic E-state index is 0.113. The number of sulfonamides is 1. The van der Waals surface area contributed by atoms with Crippen LogP contribution < -0.4 is 15.8 Å². The number of benzene rings is 1. The number of ether oxygens (including phenoxy) is 1. The lowest BCUT2D eigenvalue weighted by molar-refractivity contribution is 0.0600. The molecule has 0 spiro atoms. The van der Waals surface area contributed by atoms with Crippen molar-refractivity contribution in [3.05, 3.63) is 23.8 Å². The number of hydrogen-bond acceptors (Lipinski definition) is 6. The second-order valence-electron chi connectivity index (χ2n) is 3.71. The van der Waals surface area contributed by atoms with Gasteiger partial charge in [-0.3, -0.25) is 0 Å². The highest BCUT2D eigenvalue weighted by atomic mass is 32.2. The van der Waals surface area contributed by atoms with Crippen LogP contribution in [0.5, 0.6) is 0 Å². The smallest absolute Gasteiger partial charge is 0.337 e. The van der Waals surface area contributed by atoms with Crippen LogP contribution >= 0.6 is 0 Å². The summed E-state index contributed by atoms with van der Waals surface area (Å²) >= 11 is 0. The lowest BCUT2D eigenvalue weighted by Gasteiger charge is -2.10. The summed E-state index contributed by atoms with van der Waals surface area (Å²) in [4.78, 5) is 22.2. The van der Waals surface area contributed by atoms with Crippen molar-refractivity contribution in [3.8, 4) is 0 Å². The third-order valence-corrected chi connectivity index (χ3v) is 3.69. The number of urea groups is 1. The Bertz CT molecular complexity index is 627. The molecule has 1 aromatic rings. The summed E-state index contributed by atoms with van der Waals surface area (Å²) in [5.74, 6) is -0.641. The fourth-order valence-corrected chi connectivity index (χ4v) is 2.45. The average molecular weight is 301 g/mol. The van der Waals surface area contributed by atoms with Crippen molar-refractivity contribution in [2.75, 3.05) is 19.4 Å². The number of nitrogens with one attached hydrogen (secondary N) is 2. The first kappa shape index (κ1) is 15.8. The molecule has 2 amide bonds. The number of esters is 1. The molecule has 0 heterocycles. The summed E-state index contributed by atoms with van der Waals surface area (Å²) in [6, 6.07) is 2.68. The summed E-state index contributed by atoms with van der Waals surface area (Å²) in [5, 5.41) is 2.29. The molecule has 0 atom stereocenters. The Labute approximate surface area is 116 Å². The zero-order chi connectivity index (χ0) is 15.3. The first-order valence-corrected chi connectivity index (χ1v) is 7.08. The second kappa shape index (κ2) is 6.24. The third-order valence-electron chi connectivity index (χ3n) is 2.28. The second-order valence-corrected chi connectivity index (χ2v) is 5.36. The minimum atomic E-state index is -4.10. The zero-order valence-corrected chi connectivity index (χ0v) is 11.8. The van der Waals surface area contributed by atoms with E-state index in [-0.39, 0.29) is 22.7 Å². The molecule has 0 saturated heterocycles. The van der Waals surface area contributed by atoms with Crippen LogP contribution in [-0.2, 0) is 14.8 Å². The van der Waals surface area contributed by atoms with Crippen molar-refractivity contribution in [3.63, 3.8) is 0 Å². The van der Waals surface area contributed by atoms with E-state index < -0.39 is 22.0 Å². The first-order chi connectivity index (χ1) is 9.31. The van der Waals surface area contributed by atoms with Gasteiger partial charge in [-0.2, -0.15) is 0 Å². The van der Waals surface area contributed by atoms with Crippen LogP contribution in [0.2, 0.25) is 0 Å². The lowest BCUT2D eigenvalue weighted by atomic mass is 10.2. The van der Waals surface area contributed by atoms with Crippen molar-refractivity contribution in [2.45, 2.75) is 11.8 Å². The van der Waals surface area contributed by atoms with Crippen molar-refractivity contribution in [1.29, 1.82) is 0 Å². The number of hydrogen-bond donors (Lipinski definition) is 3. The van der Waals surface area contributed by atoms with Gasteiger partial charge in [0.15, 0.2) is 0 Å². The van der Waals surface area contributed by atoms with Crippen LogP contribution in [0.4, 0.5) is 10.5 Å². The Morgan fingerprint density at radius 2 is 2.00 bits per heavy atom. The molecule has 8 nitrogen and oxygen atoms in total. The summed E-state index contributed by atoms with van der Waals surface area (Å²) in [7, 11) is -2.91. The molecule has 1 rings (SSSR count). The van der Waals surface area contributed by atoms with E-state index in [9.17, 15) is 18.0 Å². The van der Waals surface area contributed by atoms with E-state index in [1.165, 1.54) is 13.2 Å². The number of methoxy groups -OCH3 is 1. The van der Waals surface area contributed by atoms with Gasteiger partial charge in [0.2, 0.25) is 0 Å². The van der Waals surface area contributed by atoms with E-state index in [0.29, 0.717) is 0 Å². The van der Waals surface area contributed by atoms with Gasteiger partial charge in [0, 0.05) is 6.54 Å². The molecule has 0 bridgehead atoms. The number of carbonyl (C=O) groups is 2. The molecular formula is C11H15N3O5S. The Hall–Kier alpha value is -2.29. The molecular weight excluding hydrogens is 286 g/mol. The molecule has 0 unspecified atom stereocenters. The topological polar surface area (TPSA) is 128 Å². The van der Waals surface area contributed by atoms with Crippen molar-refractivity contribution in [1.82, 2.24) is 10.0 Å². The molecule has 0 aliphatic carbocycles. The van der Waals surface area contributed by atoms with E-state index in [2.05, 4.69) is 10.1 Å². The van der Waals surface area contributed by atoms with E-state index in [0.717, 1.165) is 12.1 Å². The maximum Gasteiger partial charge on any atom is 0.337 e. The molecule has 0 fully saturated rings. The third kappa shape index (κ3) is 3.60. The van der Waals surface area contributed by atoms with Crippen LogP contribution in [0, 0.1) is 0 Å². The fraction of sp³-hybridized carbons (Fsp3) is 0.273. The minimum Gasteiger partial charge on any atom is -0.465 e. The van der Waals surface area contributed by atoms with Gasteiger partial charge in [0.1, 0.15) is 4.90 Å². The Morgan fingerprint density at radius 3 is 2.50 bits per heavy atom. The number of amides is 2. The highest BCUT2D eigenvalue weighted by Crippen LogP contribution is 2.20. The predicted octanol–water partition coefficient (Wildman–Crippen LogP) is 0.0632. The molecule has 9 heteroatoms. The summed E-state index contributed by atoms with van der Waals surface area (Å²) in [6.07, 6.45) is 0. The molecule has 110 valence electrons. The molecule has 0 aliphatic rings. The predicted molar refractivity (Wildman–Crippen MR) is 71.6 cm³/mol. The van der Waals surface area contributed by atoms with E-state index in [4.69, 9.17) is 5.73 Å². The maximum absolute atomic E-state index is 11.9. The monoisotopic (exact) mass is 301 g/mol. The van der Waals surface area contributed by atoms with Gasteiger partial charge in [-0.15, -0.1) is 0 Å². The maximum atomic E-state index is 11.9. The number of anilines is 1. The van der Waals surface area contributed by atoms with Crippen molar-refractivity contribution in [2.24, 2.45) is 0 Å². The lowest BCUT2D eigenvalue weighted by Crippen LogP contribution is -2.39.